The summed E-state index contributed by atoms with van der Waals surface area (Å²) in [7, 11) is 0. The summed E-state index contributed by atoms with van der Waals surface area (Å²) in [5.41, 5.74) is 2.15. The fraction of sp³-hybridized carbons (Fsp3) is 0.0400. The molecule has 1 aromatic heterocycles. The van der Waals surface area contributed by atoms with Gasteiger partial charge in [0.25, 0.3) is 5.56 Å². The minimum atomic E-state index is -1.11. The number of carboxylic acids is 2. The first-order valence-electron chi connectivity index (χ1n) is 9.62. The van der Waals surface area contributed by atoms with Crippen LogP contribution < -0.4 is 5.56 Å². The van der Waals surface area contributed by atoms with Crippen LogP contribution >= 0.6 is 22.6 Å². The number of carboxylic acid groups (broad SMARTS) is 2. The number of benzene rings is 3. The average Bonchev–Trinajstić information content (AvgIpc) is 2.79. The topological polar surface area (TPSA) is 131 Å². The summed E-state index contributed by atoms with van der Waals surface area (Å²) >= 11 is 1.87. The van der Waals surface area contributed by atoms with E-state index in [4.69, 9.17) is 10.2 Å². The number of aromatic carboxylic acids is 2. The molecule has 0 bridgehead atoms. The number of halogens is 1. The number of hydrogen-bond acceptors (Lipinski definition) is 4. The van der Waals surface area contributed by atoms with Gasteiger partial charge in [-0.2, -0.15) is 5.26 Å². The van der Waals surface area contributed by atoms with Crippen LogP contribution in [0.25, 0.3) is 21.9 Å². The maximum atomic E-state index is 11.9. The number of pyridine rings is 1. The van der Waals surface area contributed by atoms with E-state index in [1.165, 1.54) is 19.1 Å². The second-order valence-corrected chi connectivity index (χ2v) is 8.09. The molecule has 3 aromatic carbocycles. The Labute approximate surface area is 202 Å². The van der Waals surface area contributed by atoms with E-state index in [0.29, 0.717) is 14.7 Å². The molecule has 0 amide bonds. The summed E-state index contributed by atoms with van der Waals surface area (Å²) in [6.45, 7) is 1.50. The Morgan fingerprint density at radius 2 is 1.52 bits per heavy atom. The normalized spacial score (nSPS) is 10.1. The van der Waals surface area contributed by atoms with E-state index in [0.717, 1.165) is 16.5 Å². The molecule has 7 nitrogen and oxygen atoms in total. The van der Waals surface area contributed by atoms with E-state index in [9.17, 15) is 19.6 Å². The summed E-state index contributed by atoms with van der Waals surface area (Å²) in [5, 5.41) is 28.3. The first-order chi connectivity index (χ1) is 15.8. The summed E-state index contributed by atoms with van der Waals surface area (Å²) in [4.78, 5) is 36.1. The number of H-pyrrole nitrogens is 1. The maximum Gasteiger partial charge on any atom is 0.337 e. The Bertz CT molecular complexity index is 1470. The van der Waals surface area contributed by atoms with Crippen molar-refractivity contribution in [3.05, 3.63) is 103 Å². The van der Waals surface area contributed by atoms with Gasteiger partial charge in [0.05, 0.1) is 11.1 Å². The quantitative estimate of drug-likeness (QED) is 0.305. The Morgan fingerprint density at radius 1 is 0.909 bits per heavy atom. The van der Waals surface area contributed by atoms with Crippen molar-refractivity contribution in [3.63, 3.8) is 0 Å². The van der Waals surface area contributed by atoms with Crippen LogP contribution in [0.1, 0.15) is 32.0 Å². The van der Waals surface area contributed by atoms with Crippen molar-refractivity contribution >= 4 is 45.3 Å². The molecule has 0 spiro atoms. The predicted octanol–water partition coefficient (Wildman–Crippen LogP) is 5.06. The van der Waals surface area contributed by atoms with Crippen LogP contribution in [0.5, 0.6) is 0 Å². The van der Waals surface area contributed by atoms with Crippen LogP contribution in [-0.2, 0) is 0 Å². The van der Waals surface area contributed by atoms with Crippen molar-refractivity contribution in [1.29, 1.82) is 5.26 Å². The molecule has 4 aromatic rings. The molecule has 0 aliphatic carbocycles. The number of hydrogen-bond donors (Lipinski definition) is 3. The SMILES string of the molecule is Cc1c(C(=O)O)ccc(I)c1C(=O)O.N#Cc1[nH]c(=O)c2ccccc2c1-c1ccccc1. The largest absolute Gasteiger partial charge is 0.478 e. The van der Waals surface area contributed by atoms with Crippen LogP contribution in [0, 0.1) is 21.8 Å². The molecule has 0 aliphatic heterocycles. The number of aromatic amines is 1. The van der Waals surface area contributed by atoms with Crippen molar-refractivity contribution in [2.24, 2.45) is 0 Å². The Balaban J connectivity index is 0.000000196. The predicted molar refractivity (Wildman–Crippen MR) is 133 cm³/mol. The van der Waals surface area contributed by atoms with Gasteiger partial charge >= 0.3 is 11.9 Å². The van der Waals surface area contributed by atoms with E-state index in [1.54, 1.807) is 6.07 Å². The molecule has 4 rings (SSSR count). The van der Waals surface area contributed by atoms with E-state index < -0.39 is 11.9 Å². The van der Waals surface area contributed by atoms with Gasteiger partial charge in [-0.3, -0.25) is 4.79 Å². The van der Waals surface area contributed by atoms with Gasteiger partial charge in [0, 0.05) is 14.5 Å². The molecule has 0 fully saturated rings. The van der Waals surface area contributed by atoms with Crippen LogP contribution in [0.2, 0.25) is 0 Å². The van der Waals surface area contributed by atoms with Crippen molar-refractivity contribution in [3.8, 4) is 17.2 Å². The summed E-state index contributed by atoms with van der Waals surface area (Å²) in [5.74, 6) is -2.21. The molecule has 0 radical (unpaired) electrons. The minimum absolute atomic E-state index is 0.0304. The van der Waals surface area contributed by atoms with Crippen LogP contribution in [0.15, 0.2) is 71.5 Å². The minimum Gasteiger partial charge on any atom is -0.478 e. The Morgan fingerprint density at radius 3 is 2.09 bits per heavy atom. The fourth-order valence-corrected chi connectivity index (χ4v) is 4.25. The molecule has 0 saturated carbocycles. The van der Waals surface area contributed by atoms with E-state index in [1.807, 2.05) is 71.1 Å². The first-order valence-corrected chi connectivity index (χ1v) is 10.7. The van der Waals surface area contributed by atoms with Gasteiger partial charge in [-0.25, -0.2) is 9.59 Å². The monoisotopic (exact) mass is 552 g/mol. The lowest BCUT2D eigenvalue weighted by Gasteiger charge is -2.08. The highest BCUT2D eigenvalue weighted by atomic mass is 127. The highest BCUT2D eigenvalue weighted by Crippen LogP contribution is 2.28. The van der Waals surface area contributed by atoms with E-state index in [2.05, 4.69) is 11.1 Å². The van der Waals surface area contributed by atoms with Gasteiger partial charge in [-0.15, -0.1) is 0 Å². The third-order valence-corrected chi connectivity index (χ3v) is 5.86. The third-order valence-electron chi connectivity index (χ3n) is 4.96. The zero-order valence-electron chi connectivity index (χ0n) is 17.3. The van der Waals surface area contributed by atoms with Gasteiger partial charge in [0.2, 0.25) is 0 Å². The van der Waals surface area contributed by atoms with Crippen molar-refractivity contribution in [2.45, 2.75) is 6.92 Å². The summed E-state index contributed by atoms with van der Waals surface area (Å²) < 4.78 is 0.539. The Hall–Kier alpha value is -3.97. The van der Waals surface area contributed by atoms with Crippen molar-refractivity contribution < 1.29 is 19.8 Å². The lowest BCUT2D eigenvalue weighted by molar-refractivity contribution is 0.0695. The molecule has 0 aliphatic rings. The molecular weight excluding hydrogens is 535 g/mol. The van der Waals surface area contributed by atoms with Crippen LogP contribution in [-0.4, -0.2) is 27.1 Å². The lowest BCUT2D eigenvalue weighted by Crippen LogP contribution is -2.09. The molecule has 0 atom stereocenters. The van der Waals surface area contributed by atoms with Gasteiger partial charge in [-0.05, 0) is 64.2 Å². The molecule has 8 heteroatoms. The summed E-state index contributed by atoms with van der Waals surface area (Å²) in [6.07, 6.45) is 0. The molecule has 1 heterocycles. The molecule has 33 heavy (non-hydrogen) atoms. The molecule has 3 N–H and O–H groups in total. The third kappa shape index (κ3) is 4.94. The Kier molecular flexibility index (Phi) is 7.25. The molecular formula is C25H17IN2O5. The number of aromatic nitrogens is 1. The van der Waals surface area contributed by atoms with Crippen LogP contribution in [0.4, 0.5) is 0 Å². The number of fused-ring (bicyclic) bond motifs is 1. The molecule has 0 unspecified atom stereocenters. The average molecular weight is 552 g/mol. The smallest absolute Gasteiger partial charge is 0.337 e. The second kappa shape index (κ2) is 10.1. The zero-order chi connectivity index (χ0) is 24.1. The first kappa shape index (κ1) is 23.7. The van der Waals surface area contributed by atoms with E-state index in [-0.39, 0.29) is 22.2 Å². The van der Waals surface area contributed by atoms with E-state index >= 15 is 0 Å². The van der Waals surface area contributed by atoms with Crippen molar-refractivity contribution in [1.82, 2.24) is 4.98 Å². The van der Waals surface area contributed by atoms with Gasteiger partial charge in [0.15, 0.2) is 0 Å². The van der Waals surface area contributed by atoms with Gasteiger partial charge in [-0.1, -0.05) is 48.5 Å². The zero-order valence-corrected chi connectivity index (χ0v) is 19.5. The van der Waals surface area contributed by atoms with Gasteiger partial charge in [0.1, 0.15) is 11.8 Å². The lowest BCUT2D eigenvalue weighted by atomic mass is 9.98. The highest BCUT2D eigenvalue weighted by molar-refractivity contribution is 14.1. The number of nitrogens with one attached hydrogen (secondary N) is 1. The van der Waals surface area contributed by atoms with Gasteiger partial charge < -0.3 is 15.2 Å². The van der Waals surface area contributed by atoms with Crippen molar-refractivity contribution in [2.75, 3.05) is 0 Å². The second-order valence-electron chi connectivity index (χ2n) is 6.93. The number of rotatable bonds is 3. The molecule has 0 saturated heterocycles. The number of nitrogens with zero attached hydrogens (tertiary/aromatic N) is 1. The number of carbonyl (C=O) groups is 2. The highest BCUT2D eigenvalue weighted by Gasteiger charge is 2.17. The fourth-order valence-electron chi connectivity index (χ4n) is 3.44. The number of nitriles is 1. The summed E-state index contributed by atoms with van der Waals surface area (Å²) in [6, 6.07) is 21.9. The van der Waals surface area contributed by atoms with Crippen LogP contribution in [0.3, 0.4) is 0 Å². The standard InChI is InChI=1S/C16H10N2O.C9H7IO4/c17-10-14-15(11-6-2-1-3-7-11)12-8-4-5-9-13(12)16(19)18-14;1-4-5(8(11)12)2-3-6(10)7(4)9(13)14/h1-9H,(H,18,19);2-3H,1H3,(H,11,12)(H,13,14). The molecule has 164 valence electrons. The maximum absolute atomic E-state index is 11.9.